The molecule has 0 bridgehead atoms. The number of amides is 3. The van der Waals surface area contributed by atoms with Crippen LogP contribution >= 0.6 is 0 Å². The van der Waals surface area contributed by atoms with Crippen LogP contribution in [0.3, 0.4) is 0 Å². The van der Waals surface area contributed by atoms with Gasteiger partial charge in [-0.25, -0.2) is 24.7 Å². The van der Waals surface area contributed by atoms with Crippen molar-refractivity contribution in [2.24, 2.45) is 5.73 Å². The summed E-state index contributed by atoms with van der Waals surface area (Å²) in [6.45, 7) is 4.89. The highest BCUT2D eigenvalue weighted by Crippen LogP contribution is 2.27. The van der Waals surface area contributed by atoms with Crippen LogP contribution in [0.5, 0.6) is 0 Å². The van der Waals surface area contributed by atoms with Crippen molar-refractivity contribution in [3.05, 3.63) is 30.1 Å². The van der Waals surface area contributed by atoms with E-state index in [1.54, 1.807) is 23.5 Å². The van der Waals surface area contributed by atoms with Crippen LogP contribution in [0.4, 0.5) is 22.1 Å². The minimum atomic E-state index is -0.666. The highest BCUT2D eigenvalue weighted by molar-refractivity contribution is 5.96. The van der Waals surface area contributed by atoms with Crippen LogP contribution in [0.25, 0.3) is 0 Å². The quantitative estimate of drug-likeness (QED) is 0.549. The van der Waals surface area contributed by atoms with E-state index in [1.807, 2.05) is 11.9 Å². The number of carbonyl (C=O) groups is 2. The Morgan fingerprint density at radius 3 is 2.54 bits per heavy atom. The summed E-state index contributed by atoms with van der Waals surface area (Å²) in [4.78, 5) is 48.4. The lowest BCUT2D eigenvalue weighted by atomic mass is 9.97. The van der Waals surface area contributed by atoms with E-state index in [1.165, 1.54) is 0 Å². The Bertz CT molecular complexity index is 1070. The molecular formula is C23H32N10O2. The maximum atomic E-state index is 12.5. The molecule has 12 heteroatoms. The molecule has 3 saturated heterocycles. The zero-order chi connectivity index (χ0) is 24.4. The minimum Gasteiger partial charge on any atom is -0.364 e. The summed E-state index contributed by atoms with van der Waals surface area (Å²) in [5.74, 6) is 1.42. The number of likely N-dealkylation sites (N-methyl/N-ethyl adjacent to an activating group) is 1. The Morgan fingerprint density at radius 1 is 1.09 bits per heavy atom. The molecule has 0 radical (unpaired) electrons. The van der Waals surface area contributed by atoms with Gasteiger partial charge in [-0.2, -0.15) is 0 Å². The third-order valence-electron chi connectivity index (χ3n) is 7.04. The molecule has 12 nitrogen and oxygen atoms in total. The molecule has 2 aromatic heterocycles. The smallest absolute Gasteiger partial charge is 0.320 e. The van der Waals surface area contributed by atoms with Crippen LogP contribution in [0, 0.1) is 0 Å². The molecule has 5 heterocycles. The molecular weight excluding hydrogens is 448 g/mol. The first kappa shape index (κ1) is 23.2. The van der Waals surface area contributed by atoms with Gasteiger partial charge < -0.3 is 31.1 Å². The third kappa shape index (κ3) is 4.97. The summed E-state index contributed by atoms with van der Waals surface area (Å²) in [7, 11) is 1.83. The van der Waals surface area contributed by atoms with Crippen LogP contribution in [0.2, 0.25) is 0 Å². The van der Waals surface area contributed by atoms with Gasteiger partial charge in [0.1, 0.15) is 11.6 Å². The van der Waals surface area contributed by atoms with E-state index >= 15 is 0 Å². The molecule has 0 aliphatic carbocycles. The number of anilines is 3. The van der Waals surface area contributed by atoms with Crippen molar-refractivity contribution in [2.45, 2.75) is 37.6 Å². The SMILES string of the molecule is CN1CCN([C@@H]2CCCN(c3cnc(C(N)=O)c(Nc4cnc(C5CCNCC5)nc4)n3)C2)C1=O. The van der Waals surface area contributed by atoms with Gasteiger partial charge in [-0.15, -0.1) is 0 Å². The molecule has 3 aliphatic heterocycles. The van der Waals surface area contributed by atoms with Gasteiger partial charge in [-0.05, 0) is 38.8 Å². The zero-order valence-corrected chi connectivity index (χ0v) is 20.0. The Balaban J connectivity index is 1.33. The molecule has 0 saturated carbocycles. The number of hydrogen-bond acceptors (Lipinski definition) is 9. The van der Waals surface area contributed by atoms with Gasteiger partial charge in [0.15, 0.2) is 11.5 Å². The summed E-state index contributed by atoms with van der Waals surface area (Å²) in [6, 6.07) is 0.188. The fourth-order valence-electron chi connectivity index (χ4n) is 5.05. The number of rotatable bonds is 6. The number of aromatic nitrogens is 4. The lowest BCUT2D eigenvalue weighted by Crippen LogP contribution is -2.49. The first-order valence-corrected chi connectivity index (χ1v) is 12.2. The first-order chi connectivity index (χ1) is 17.0. The number of primary amides is 1. The van der Waals surface area contributed by atoms with Gasteiger partial charge in [-0.3, -0.25) is 4.79 Å². The summed E-state index contributed by atoms with van der Waals surface area (Å²) < 4.78 is 0. The normalized spacial score (nSPS) is 21.5. The van der Waals surface area contributed by atoms with Crippen molar-refractivity contribution in [1.29, 1.82) is 0 Å². The minimum absolute atomic E-state index is 0.0566. The molecule has 186 valence electrons. The maximum Gasteiger partial charge on any atom is 0.320 e. The first-order valence-electron chi connectivity index (χ1n) is 12.2. The van der Waals surface area contributed by atoms with Gasteiger partial charge in [0.2, 0.25) is 0 Å². The molecule has 3 amide bonds. The molecule has 4 N–H and O–H groups in total. The fourth-order valence-corrected chi connectivity index (χ4v) is 5.05. The van der Waals surface area contributed by atoms with Crippen molar-refractivity contribution < 1.29 is 9.59 Å². The predicted octanol–water partition coefficient (Wildman–Crippen LogP) is 0.912. The molecule has 2 aromatic rings. The monoisotopic (exact) mass is 480 g/mol. The molecule has 0 aromatic carbocycles. The van der Waals surface area contributed by atoms with Gasteiger partial charge in [-0.1, -0.05) is 0 Å². The average molecular weight is 481 g/mol. The van der Waals surface area contributed by atoms with Crippen molar-refractivity contribution in [2.75, 3.05) is 56.5 Å². The van der Waals surface area contributed by atoms with Crippen molar-refractivity contribution >= 4 is 29.3 Å². The van der Waals surface area contributed by atoms with Gasteiger partial charge in [0.25, 0.3) is 5.91 Å². The highest BCUT2D eigenvalue weighted by Gasteiger charge is 2.34. The fraction of sp³-hybridized carbons (Fsp3) is 0.565. The topological polar surface area (TPSA) is 146 Å². The Kier molecular flexibility index (Phi) is 6.62. The van der Waals surface area contributed by atoms with Crippen molar-refractivity contribution in [3.63, 3.8) is 0 Å². The van der Waals surface area contributed by atoms with Crippen LogP contribution < -0.4 is 21.3 Å². The van der Waals surface area contributed by atoms with E-state index in [2.05, 4.69) is 30.5 Å². The number of nitrogens with one attached hydrogen (secondary N) is 2. The second-order valence-electron chi connectivity index (χ2n) is 9.41. The van der Waals surface area contributed by atoms with Crippen LogP contribution in [0.1, 0.15) is 47.9 Å². The van der Waals surface area contributed by atoms with E-state index in [0.717, 1.165) is 64.2 Å². The summed E-state index contributed by atoms with van der Waals surface area (Å²) >= 11 is 0. The number of nitrogens with two attached hydrogens (primary N) is 1. The number of piperidine rings is 2. The molecule has 0 unspecified atom stereocenters. The van der Waals surface area contributed by atoms with Gasteiger partial charge >= 0.3 is 6.03 Å². The van der Waals surface area contributed by atoms with E-state index in [0.29, 0.717) is 24.0 Å². The molecule has 3 fully saturated rings. The Labute approximate surface area is 204 Å². The molecule has 3 aliphatic rings. The zero-order valence-electron chi connectivity index (χ0n) is 20.0. The van der Waals surface area contributed by atoms with Crippen LogP contribution in [0.15, 0.2) is 18.6 Å². The van der Waals surface area contributed by atoms with Crippen molar-refractivity contribution in [3.8, 4) is 0 Å². The van der Waals surface area contributed by atoms with E-state index in [9.17, 15) is 9.59 Å². The average Bonchev–Trinajstić information content (AvgIpc) is 3.23. The lowest BCUT2D eigenvalue weighted by Gasteiger charge is -2.37. The molecule has 5 rings (SSSR count). The maximum absolute atomic E-state index is 12.5. The number of nitrogens with zero attached hydrogens (tertiary/aromatic N) is 7. The molecule has 1 atom stereocenters. The van der Waals surface area contributed by atoms with Crippen LogP contribution in [-0.4, -0.2) is 94.0 Å². The number of hydrogen-bond donors (Lipinski definition) is 3. The number of urea groups is 1. The van der Waals surface area contributed by atoms with Gasteiger partial charge in [0.05, 0.1) is 30.3 Å². The third-order valence-corrected chi connectivity index (χ3v) is 7.04. The van der Waals surface area contributed by atoms with E-state index < -0.39 is 5.91 Å². The second-order valence-corrected chi connectivity index (χ2v) is 9.41. The van der Waals surface area contributed by atoms with Crippen molar-refractivity contribution in [1.82, 2.24) is 35.1 Å². The van der Waals surface area contributed by atoms with E-state index in [4.69, 9.17) is 10.7 Å². The van der Waals surface area contributed by atoms with Gasteiger partial charge in [0, 0.05) is 39.1 Å². The second kappa shape index (κ2) is 9.98. The standard InChI is InChI=1S/C23H32N10O2/c1-31-9-10-33(23(31)35)17-3-2-8-32(14-17)18-13-26-19(20(24)34)22(30-18)29-16-11-27-21(28-12-16)15-4-6-25-7-5-15/h11-13,15,17,25H,2-10,14H2,1H3,(H2,24,34)(H,29,30)/t17-/m1/s1. The van der Waals surface area contributed by atoms with E-state index in [-0.39, 0.29) is 23.6 Å². The molecule has 35 heavy (non-hydrogen) atoms. The Hall–Kier alpha value is -3.54. The number of carbonyl (C=O) groups excluding carboxylic acids is 2. The predicted molar refractivity (Wildman–Crippen MR) is 131 cm³/mol. The Morgan fingerprint density at radius 2 is 1.86 bits per heavy atom. The molecule has 0 spiro atoms. The lowest BCUT2D eigenvalue weighted by molar-refractivity contribution is 0.0996. The summed E-state index contributed by atoms with van der Waals surface area (Å²) in [6.07, 6.45) is 8.90. The van der Waals surface area contributed by atoms with Crippen LogP contribution in [-0.2, 0) is 0 Å². The summed E-state index contributed by atoms with van der Waals surface area (Å²) in [5.41, 5.74) is 6.24. The summed E-state index contributed by atoms with van der Waals surface area (Å²) in [5, 5.41) is 6.48. The largest absolute Gasteiger partial charge is 0.364 e. The highest BCUT2D eigenvalue weighted by atomic mass is 16.2.